The van der Waals surface area contributed by atoms with Gasteiger partial charge in [0.2, 0.25) is 5.91 Å². The van der Waals surface area contributed by atoms with Gasteiger partial charge in [-0.1, -0.05) is 43.2 Å². The van der Waals surface area contributed by atoms with Crippen molar-refractivity contribution in [2.24, 2.45) is 5.73 Å². The lowest BCUT2D eigenvalue weighted by Crippen LogP contribution is -2.41. The summed E-state index contributed by atoms with van der Waals surface area (Å²) in [7, 11) is 0. The Balaban J connectivity index is 0.00000162. The van der Waals surface area contributed by atoms with Gasteiger partial charge in [0, 0.05) is 12.0 Å². The quantitative estimate of drug-likeness (QED) is 0.878. The number of nitrogens with two attached hydrogens (primary N) is 1. The van der Waals surface area contributed by atoms with E-state index in [1.165, 1.54) is 18.4 Å². The molecule has 0 spiro atoms. The predicted octanol–water partition coefficient (Wildman–Crippen LogP) is 2.00. The molecule has 0 atom stereocenters. The van der Waals surface area contributed by atoms with Crippen LogP contribution in [0.2, 0.25) is 0 Å². The molecule has 0 unspecified atom stereocenters. The van der Waals surface area contributed by atoms with Crippen molar-refractivity contribution >= 4 is 18.3 Å². The van der Waals surface area contributed by atoms with Gasteiger partial charge in [0.1, 0.15) is 0 Å². The van der Waals surface area contributed by atoms with Crippen molar-refractivity contribution in [1.29, 1.82) is 0 Å². The molecule has 1 aliphatic carbocycles. The molecule has 3 N–H and O–H groups in total. The number of benzene rings is 1. The van der Waals surface area contributed by atoms with Crippen LogP contribution in [-0.4, -0.2) is 19.0 Å². The summed E-state index contributed by atoms with van der Waals surface area (Å²) in [6.07, 6.45) is 4.80. The molecule has 0 aliphatic heterocycles. The fourth-order valence-corrected chi connectivity index (χ4v) is 2.75. The molecular weight excluding hydrogens is 248 g/mol. The summed E-state index contributed by atoms with van der Waals surface area (Å²) in [6, 6.07) is 10.5. The molecule has 18 heavy (non-hydrogen) atoms. The first-order valence-electron chi connectivity index (χ1n) is 6.29. The highest BCUT2D eigenvalue weighted by molar-refractivity contribution is 5.85. The maximum Gasteiger partial charge on any atom is 0.233 e. The summed E-state index contributed by atoms with van der Waals surface area (Å²) in [5.74, 6) is -0.0628. The lowest BCUT2D eigenvalue weighted by atomic mass is 9.79. The van der Waals surface area contributed by atoms with Crippen molar-refractivity contribution in [1.82, 2.24) is 5.32 Å². The highest BCUT2D eigenvalue weighted by Gasteiger charge is 2.35. The second kappa shape index (κ2) is 6.76. The molecule has 0 bridgehead atoms. The number of rotatable bonds is 4. The van der Waals surface area contributed by atoms with Gasteiger partial charge in [-0.05, 0) is 18.4 Å². The van der Waals surface area contributed by atoms with Crippen molar-refractivity contribution < 1.29 is 4.79 Å². The van der Waals surface area contributed by atoms with Gasteiger partial charge >= 0.3 is 0 Å². The number of carbonyl (C=O) groups excluding carboxylic acids is 1. The highest BCUT2D eigenvalue weighted by Crippen LogP contribution is 2.40. The maximum absolute atomic E-state index is 11.3. The molecule has 0 saturated heterocycles. The summed E-state index contributed by atoms with van der Waals surface area (Å²) < 4.78 is 0. The van der Waals surface area contributed by atoms with Crippen LogP contribution in [0.3, 0.4) is 0 Å². The molecule has 0 radical (unpaired) electrons. The molecule has 1 saturated carbocycles. The van der Waals surface area contributed by atoms with Gasteiger partial charge in [-0.25, -0.2) is 0 Å². The van der Waals surface area contributed by atoms with Crippen LogP contribution < -0.4 is 11.1 Å². The van der Waals surface area contributed by atoms with Crippen LogP contribution in [0, 0.1) is 0 Å². The van der Waals surface area contributed by atoms with Gasteiger partial charge in [0.25, 0.3) is 0 Å². The fraction of sp³-hybridized carbons (Fsp3) is 0.500. The third-order valence-corrected chi connectivity index (χ3v) is 3.76. The average Bonchev–Trinajstić information content (AvgIpc) is 2.87. The number of hydrogen-bond donors (Lipinski definition) is 2. The zero-order valence-electron chi connectivity index (χ0n) is 10.5. The summed E-state index contributed by atoms with van der Waals surface area (Å²) in [4.78, 5) is 11.3. The van der Waals surface area contributed by atoms with E-state index in [0.29, 0.717) is 6.54 Å². The maximum atomic E-state index is 11.3. The second-order valence-electron chi connectivity index (χ2n) is 4.83. The molecule has 0 aromatic heterocycles. The van der Waals surface area contributed by atoms with E-state index in [0.717, 1.165) is 12.8 Å². The van der Waals surface area contributed by atoms with Crippen LogP contribution in [0.5, 0.6) is 0 Å². The summed E-state index contributed by atoms with van der Waals surface area (Å²) >= 11 is 0. The van der Waals surface area contributed by atoms with E-state index < -0.39 is 0 Å². The van der Waals surface area contributed by atoms with E-state index in [2.05, 4.69) is 29.6 Å². The normalized spacial score (nSPS) is 16.9. The monoisotopic (exact) mass is 268 g/mol. The molecule has 1 aromatic carbocycles. The van der Waals surface area contributed by atoms with E-state index >= 15 is 0 Å². The van der Waals surface area contributed by atoms with E-state index in [4.69, 9.17) is 5.73 Å². The third kappa shape index (κ3) is 3.24. The number of nitrogens with one attached hydrogen (secondary N) is 1. The lowest BCUT2D eigenvalue weighted by molar-refractivity contribution is -0.120. The van der Waals surface area contributed by atoms with Gasteiger partial charge in [-0.2, -0.15) is 0 Å². The molecule has 1 amide bonds. The Morgan fingerprint density at radius 2 is 1.83 bits per heavy atom. The molecule has 2 rings (SSSR count). The second-order valence-corrected chi connectivity index (χ2v) is 4.83. The third-order valence-electron chi connectivity index (χ3n) is 3.76. The van der Waals surface area contributed by atoms with E-state index in [9.17, 15) is 4.79 Å². The first-order valence-corrected chi connectivity index (χ1v) is 6.29. The van der Waals surface area contributed by atoms with Crippen molar-refractivity contribution in [2.75, 3.05) is 13.1 Å². The minimum atomic E-state index is -0.0628. The zero-order valence-corrected chi connectivity index (χ0v) is 11.3. The Kier molecular flexibility index (Phi) is 5.63. The smallest absolute Gasteiger partial charge is 0.233 e. The van der Waals surface area contributed by atoms with Crippen molar-refractivity contribution in [3.8, 4) is 0 Å². The van der Waals surface area contributed by atoms with Crippen LogP contribution >= 0.6 is 12.4 Å². The van der Waals surface area contributed by atoms with Crippen LogP contribution in [0.4, 0.5) is 0 Å². The number of amides is 1. The largest absolute Gasteiger partial charge is 0.354 e. The molecule has 1 aromatic rings. The van der Waals surface area contributed by atoms with Crippen LogP contribution in [-0.2, 0) is 10.2 Å². The summed E-state index contributed by atoms with van der Waals surface area (Å²) in [5.41, 5.74) is 6.80. The predicted molar refractivity (Wildman–Crippen MR) is 75.9 cm³/mol. The molecular formula is C14H21ClN2O. The van der Waals surface area contributed by atoms with Crippen LogP contribution in [0.25, 0.3) is 0 Å². The van der Waals surface area contributed by atoms with Gasteiger partial charge in [-0.15, -0.1) is 12.4 Å². The van der Waals surface area contributed by atoms with Gasteiger partial charge < -0.3 is 11.1 Å². The van der Waals surface area contributed by atoms with Crippen LogP contribution in [0.1, 0.15) is 31.2 Å². The molecule has 3 nitrogen and oxygen atoms in total. The number of halogens is 1. The molecule has 1 aliphatic rings. The Morgan fingerprint density at radius 1 is 1.22 bits per heavy atom. The van der Waals surface area contributed by atoms with Gasteiger partial charge in [0.15, 0.2) is 0 Å². The van der Waals surface area contributed by atoms with Crippen molar-refractivity contribution in [2.45, 2.75) is 31.1 Å². The average molecular weight is 269 g/mol. The van der Waals surface area contributed by atoms with E-state index in [1.54, 1.807) is 0 Å². The summed E-state index contributed by atoms with van der Waals surface area (Å²) in [5, 5.41) is 2.95. The van der Waals surface area contributed by atoms with Gasteiger partial charge in [0.05, 0.1) is 6.54 Å². The molecule has 4 heteroatoms. The SMILES string of the molecule is Cl.NCC(=O)NCC1(c2ccccc2)CCCC1. The minimum Gasteiger partial charge on any atom is -0.354 e. The van der Waals surface area contributed by atoms with Gasteiger partial charge in [-0.3, -0.25) is 4.79 Å². The highest BCUT2D eigenvalue weighted by atomic mass is 35.5. The van der Waals surface area contributed by atoms with Crippen molar-refractivity contribution in [3.63, 3.8) is 0 Å². The number of carbonyl (C=O) groups is 1. The Hall–Kier alpha value is -1.06. The first-order chi connectivity index (χ1) is 8.27. The van der Waals surface area contributed by atoms with E-state index in [-0.39, 0.29) is 30.3 Å². The summed E-state index contributed by atoms with van der Waals surface area (Å²) in [6.45, 7) is 0.790. The fourth-order valence-electron chi connectivity index (χ4n) is 2.75. The molecule has 1 fully saturated rings. The Bertz CT molecular complexity index is 375. The Morgan fingerprint density at radius 3 is 2.39 bits per heavy atom. The van der Waals surface area contributed by atoms with E-state index in [1.807, 2.05) is 6.07 Å². The number of hydrogen-bond acceptors (Lipinski definition) is 2. The lowest BCUT2D eigenvalue weighted by Gasteiger charge is -2.30. The Labute approximate surface area is 115 Å². The topological polar surface area (TPSA) is 55.1 Å². The zero-order chi connectivity index (χ0) is 12.1. The molecule has 100 valence electrons. The molecule has 0 heterocycles. The van der Waals surface area contributed by atoms with Crippen molar-refractivity contribution in [3.05, 3.63) is 35.9 Å². The first kappa shape index (κ1) is 15.0. The minimum absolute atomic E-state index is 0. The standard InChI is InChI=1S/C14H20N2O.ClH/c15-10-13(17)16-11-14(8-4-5-9-14)12-6-2-1-3-7-12;/h1-3,6-7H,4-5,8-11,15H2,(H,16,17);1H. The van der Waals surface area contributed by atoms with Crippen LogP contribution in [0.15, 0.2) is 30.3 Å².